The van der Waals surface area contributed by atoms with Crippen molar-refractivity contribution in [3.63, 3.8) is 0 Å². The summed E-state index contributed by atoms with van der Waals surface area (Å²) in [5, 5.41) is 12.0. The second-order valence-electron chi connectivity index (χ2n) is 7.77. The van der Waals surface area contributed by atoms with Gasteiger partial charge in [-0.1, -0.05) is 39.3 Å². The molecule has 0 atom stereocenters. The van der Waals surface area contributed by atoms with Crippen LogP contribution in [0.3, 0.4) is 0 Å². The SMILES string of the molecule is CCC(C)(C)C1CCC(NC(=O)CCc2ccc(C#N)cc2)CC1. The Kier molecular flexibility index (Phi) is 6.43. The largest absolute Gasteiger partial charge is 0.353 e. The van der Waals surface area contributed by atoms with E-state index in [1.54, 1.807) is 0 Å². The molecule has 0 unspecified atom stereocenters. The third-order valence-corrected chi connectivity index (χ3v) is 5.83. The standard InChI is InChI=1S/C21H30N2O/c1-4-21(2,3)18-10-12-19(13-11-18)23-20(24)14-9-16-5-7-17(15-22)8-6-16/h5-8,18-19H,4,9-14H2,1-3H3,(H,23,24). The minimum atomic E-state index is 0.151. The van der Waals surface area contributed by atoms with E-state index in [1.165, 1.54) is 19.3 Å². The molecular weight excluding hydrogens is 296 g/mol. The van der Waals surface area contributed by atoms with Crippen molar-refractivity contribution in [3.05, 3.63) is 35.4 Å². The van der Waals surface area contributed by atoms with Gasteiger partial charge in [-0.2, -0.15) is 5.26 Å². The predicted molar refractivity (Wildman–Crippen MR) is 97.4 cm³/mol. The van der Waals surface area contributed by atoms with Crippen LogP contribution in [0.15, 0.2) is 24.3 Å². The molecule has 0 aliphatic heterocycles. The van der Waals surface area contributed by atoms with Crippen molar-refractivity contribution in [2.45, 2.75) is 71.8 Å². The topological polar surface area (TPSA) is 52.9 Å². The van der Waals surface area contributed by atoms with Crippen molar-refractivity contribution in [1.82, 2.24) is 5.32 Å². The molecule has 3 heteroatoms. The molecule has 1 aromatic carbocycles. The Bertz CT molecular complexity index is 575. The lowest BCUT2D eigenvalue weighted by Gasteiger charge is -2.39. The van der Waals surface area contributed by atoms with Crippen LogP contribution in [0, 0.1) is 22.7 Å². The number of carbonyl (C=O) groups excluding carboxylic acids is 1. The molecule has 1 aromatic rings. The van der Waals surface area contributed by atoms with Crippen LogP contribution in [0.4, 0.5) is 0 Å². The highest BCUT2D eigenvalue weighted by Crippen LogP contribution is 2.40. The lowest BCUT2D eigenvalue weighted by Crippen LogP contribution is -2.40. The molecule has 2 rings (SSSR count). The number of nitriles is 1. The van der Waals surface area contributed by atoms with Gasteiger partial charge in [0, 0.05) is 12.5 Å². The van der Waals surface area contributed by atoms with Gasteiger partial charge in [0.2, 0.25) is 5.91 Å². The molecule has 0 spiro atoms. The fourth-order valence-electron chi connectivity index (χ4n) is 3.61. The van der Waals surface area contributed by atoms with Crippen LogP contribution >= 0.6 is 0 Å². The molecule has 3 nitrogen and oxygen atoms in total. The van der Waals surface area contributed by atoms with Gasteiger partial charge >= 0.3 is 0 Å². The highest BCUT2D eigenvalue weighted by Gasteiger charge is 2.32. The summed E-state index contributed by atoms with van der Waals surface area (Å²) < 4.78 is 0. The molecule has 0 heterocycles. The smallest absolute Gasteiger partial charge is 0.220 e. The first-order chi connectivity index (χ1) is 11.4. The zero-order chi connectivity index (χ0) is 17.6. The Morgan fingerprint density at radius 2 is 1.83 bits per heavy atom. The molecule has 1 amide bonds. The van der Waals surface area contributed by atoms with Crippen LogP contribution in [-0.4, -0.2) is 11.9 Å². The lowest BCUT2D eigenvalue weighted by atomic mass is 9.69. The normalized spacial score (nSPS) is 21.1. The summed E-state index contributed by atoms with van der Waals surface area (Å²) in [6.45, 7) is 7.01. The number of nitrogens with zero attached hydrogens (tertiary/aromatic N) is 1. The molecule has 0 saturated heterocycles. The Balaban J connectivity index is 1.72. The Morgan fingerprint density at radius 3 is 2.38 bits per heavy atom. The maximum absolute atomic E-state index is 12.2. The first-order valence-corrected chi connectivity index (χ1v) is 9.23. The molecule has 1 aliphatic rings. The number of amides is 1. The van der Waals surface area contributed by atoms with Gasteiger partial charge in [-0.15, -0.1) is 0 Å². The van der Waals surface area contributed by atoms with Crippen molar-refractivity contribution >= 4 is 5.91 Å². The monoisotopic (exact) mass is 326 g/mol. The molecule has 0 bridgehead atoms. The number of hydrogen-bond acceptors (Lipinski definition) is 2. The van der Waals surface area contributed by atoms with E-state index in [4.69, 9.17) is 5.26 Å². The van der Waals surface area contributed by atoms with E-state index in [-0.39, 0.29) is 5.91 Å². The van der Waals surface area contributed by atoms with Gasteiger partial charge in [0.05, 0.1) is 11.6 Å². The first kappa shape index (κ1) is 18.5. The van der Waals surface area contributed by atoms with Gasteiger partial charge in [-0.25, -0.2) is 0 Å². The van der Waals surface area contributed by atoms with E-state index in [0.717, 1.165) is 30.7 Å². The van der Waals surface area contributed by atoms with Gasteiger partial charge < -0.3 is 5.32 Å². The Morgan fingerprint density at radius 1 is 1.21 bits per heavy atom. The average Bonchev–Trinajstić information content (AvgIpc) is 2.61. The van der Waals surface area contributed by atoms with Crippen LogP contribution in [-0.2, 0) is 11.2 Å². The minimum Gasteiger partial charge on any atom is -0.353 e. The van der Waals surface area contributed by atoms with E-state index < -0.39 is 0 Å². The zero-order valence-electron chi connectivity index (χ0n) is 15.3. The van der Waals surface area contributed by atoms with Crippen molar-refractivity contribution in [2.24, 2.45) is 11.3 Å². The van der Waals surface area contributed by atoms with Crippen molar-refractivity contribution in [1.29, 1.82) is 5.26 Å². The summed E-state index contributed by atoms with van der Waals surface area (Å²) in [4.78, 5) is 12.2. The van der Waals surface area contributed by atoms with Crippen LogP contribution in [0.1, 0.15) is 70.4 Å². The quantitative estimate of drug-likeness (QED) is 0.830. The van der Waals surface area contributed by atoms with Gasteiger partial charge in [0.25, 0.3) is 0 Å². The van der Waals surface area contributed by atoms with Crippen molar-refractivity contribution in [2.75, 3.05) is 0 Å². The highest BCUT2D eigenvalue weighted by atomic mass is 16.1. The molecular formula is C21H30N2O. The summed E-state index contributed by atoms with van der Waals surface area (Å²) in [5.41, 5.74) is 2.19. The maximum atomic E-state index is 12.2. The third kappa shape index (κ3) is 5.09. The number of nitrogens with one attached hydrogen (secondary N) is 1. The number of hydrogen-bond donors (Lipinski definition) is 1. The van der Waals surface area contributed by atoms with Crippen LogP contribution in [0.25, 0.3) is 0 Å². The van der Waals surface area contributed by atoms with Gasteiger partial charge in [0.15, 0.2) is 0 Å². The number of aryl methyl sites for hydroxylation is 1. The van der Waals surface area contributed by atoms with E-state index in [1.807, 2.05) is 24.3 Å². The summed E-state index contributed by atoms with van der Waals surface area (Å²) in [5.74, 6) is 0.937. The highest BCUT2D eigenvalue weighted by molar-refractivity contribution is 5.76. The first-order valence-electron chi connectivity index (χ1n) is 9.23. The molecule has 130 valence electrons. The van der Waals surface area contributed by atoms with E-state index in [0.29, 0.717) is 23.4 Å². The predicted octanol–water partition coefficient (Wildman–Crippen LogP) is 4.60. The maximum Gasteiger partial charge on any atom is 0.220 e. The molecule has 1 aliphatic carbocycles. The van der Waals surface area contributed by atoms with Crippen LogP contribution < -0.4 is 5.32 Å². The number of benzene rings is 1. The molecule has 0 radical (unpaired) electrons. The van der Waals surface area contributed by atoms with Crippen molar-refractivity contribution in [3.8, 4) is 6.07 Å². The van der Waals surface area contributed by atoms with E-state index in [9.17, 15) is 4.79 Å². The van der Waals surface area contributed by atoms with E-state index in [2.05, 4.69) is 32.2 Å². The van der Waals surface area contributed by atoms with Crippen LogP contribution in [0.5, 0.6) is 0 Å². The van der Waals surface area contributed by atoms with E-state index >= 15 is 0 Å². The molecule has 1 N–H and O–H groups in total. The minimum absolute atomic E-state index is 0.151. The second-order valence-corrected chi connectivity index (χ2v) is 7.77. The summed E-state index contributed by atoms with van der Waals surface area (Å²) in [7, 11) is 0. The molecule has 1 fully saturated rings. The van der Waals surface area contributed by atoms with Gasteiger partial charge in [-0.05, 0) is 61.1 Å². The fourth-order valence-corrected chi connectivity index (χ4v) is 3.61. The summed E-state index contributed by atoms with van der Waals surface area (Å²) >= 11 is 0. The van der Waals surface area contributed by atoms with Crippen molar-refractivity contribution < 1.29 is 4.79 Å². The molecule has 0 aromatic heterocycles. The summed E-state index contributed by atoms with van der Waals surface area (Å²) in [6, 6.07) is 9.95. The average molecular weight is 326 g/mol. The molecule has 24 heavy (non-hydrogen) atoms. The second kappa shape index (κ2) is 8.33. The fraction of sp³-hybridized carbons (Fsp3) is 0.619. The summed E-state index contributed by atoms with van der Waals surface area (Å²) in [6.07, 6.45) is 7.14. The van der Waals surface area contributed by atoms with Gasteiger partial charge in [-0.3, -0.25) is 4.79 Å². The number of carbonyl (C=O) groups is 1. The Labute approximate surface area is 146 Å². The van der Waals surface area contributed by atoms with Gasteiger partial charge in [0.1, 0.15) is 0 Å². The van der Waals surface area contributed by atoms with Crippen LogP contribution in [0.2, 0.25) is 0 Å². The third-order valence-electron chi connectivity index (χ3n) is 5.83. The molecule has 1 saturated carbocycles. The lowest BCUT2D eigenvalue weighted by molar-refractivity contribution is -0.122. The Hall–Kier alpha value is -1.82. The number of rotatable bonds is 6. The zero-order valence-corrected chi connectivity index (χ0v) is 15.3.